The zero-order valence-corrected chi connectivity index (χ0v) is 20.3. The number of nitrogens with one attached hydrogen (secondary N) is 2. The standard InChI is InChI=1S/C26H25N7OS/c1-17-14-18(2)30-26(29-17)35-16-23-24(31-32-33(23)20-8-4-3-5-9-20)25(34)27-13-12-19-15-28-22-11-7-6-10-21(19)22/h3-11,14-15,28H,12-13,16H2,1-2H3,(H,27,34). The van der Waals surface area contributed by atoms with Gasteiger partial charge in [-0.1, -0.05) is 53.4 Å². The average Bonchev–Trinajstić information content (AvgIpc) is 3.47. The minimum absolute atomic E-state index is 0.246. The maximum absolute atomic E-state index is 13.1. The number of H-pyrrole nitrogens is 1. The van der Waals surface area contributed by atoms with Crippen LogP contribution < -0.4 is 5.32 Å². The third-order valence-electron chi connectivity index (χ3n) is 5.63. The van der Waals surface area contributed by atoms with E-state index < -0.39 is 0 Å². The molecule has 0 aliphatic heterocycles. The van der Waals surface area contributed by atoms with Crippen LogP contribution in [0, 0.1) is 13.8 Å². The number of aromatic nitrogens is 6. The Kier molecular flexibility index (Phi) is 6.58. The minimum atomic E-state index is -0.246. The number of thioether (sulfide) groups is 1. The van der Waals surface area contributed by atoms with Gasteiger partial charge in [0.1, 0.15) is 0 Å². The molecule has 0 saturated carbocycles. The van der Waals surface area contributed by atoms with Crippen molar-refractivity contribution in [2.45, 2.75) is 31.2 Å². The Morgan fingerprint density at radius 1 is 1.03 bits per heavy atom. The maximum Gasteiger partial charge on any atom is 0.273 e. The maximum atomic E-state index is 13.1. The summed E-state index contributed by atoms with van der Waals surface area (Å²) in [5.41, 5.74) is 5.92. The summed E-state index contributed by atoms with van der Waals surface area (Å²) in [5.74, 6) is 0.208. The first-order valence-corrected chi connectivity index (χ1v) is 12.4. The highest BCUT2D eigenvalue weighted by Gasteiger charge is 2.21. The lowest BCUT2D eigenvalue weighted by molar-refractivity contribution is 0.0948. The molecule has 0 spiro atoms. The molecule has 9 heteroatoms. The fourth-order valence-corrected chi connectivity index (χ4v) is 4.95. The topological polar surface area (TPSA) is 101 Å². The number of hydrogen-bond donors (Lipinski definition) is 2. The number of carbonyl (C=O) groups is 1. The molecule has 1 amide bonds. The van der Waals surface area contributed by atoms with E-state index in [1.165, 1.54) is 17.1 Å². The van der Waals surface area contributed by atoms with Gasteiger partial charge in [0.25, 0.3) is 5.91 Å². The number of rotatable bonds is 8. The molecule has 5 rings (SSSR count). The van der Waals surface area contributed by atoms with Crippen molar-refractivity contribution in [1.82, 2.24) is 35.3 Å². The summed E-state index contributed by atoms with van der Waals surface area (Å²) >= 11 is 1.46. The Morgan fingerprint density at radius 3 is 2.57 bits per heavy atom. The minimum Gasteiger partial charge on any atom is -0.361 e. The van der Waals surface area contributed by atoms with Gasteiger partial charge in [0.05, 0.1) is 11.4 Å². The zero-order valence-electron chi connectivity index (χ0n) is 19.5. The lowest BCUT2D eigenvalue weighted by atomic mass is 10.1. The van der Waals surface area contributed by atoms with Gasteiger partial charge in [-0.2, -0.15) is 0 Å². The van der Waals surface area contributed by atoms with Gasteiger partial charge in [-0.25, -0.2) is 14.6 Å². The Hall–Kier alpha value is -3.98. The van der Waals surface area contributed by atoms with Crippen LogP contribution in [0.4, 0.5) is 0 Å². The summed E-state index contributed by atoms with van der Waals surface area (Å²) < 4.78 is 1.71. The van der Waals surface area contributed by atoms with E-state index in [9.17, 15) is 4.79 Å². The molecule has 0 radical (unpaired) electrons. The highest BCUT2D eigenvalue weighted by molar-refractivity contribution is 7.98. The predicted octanol–water partition coefficient (Wildman–Crippen LogP) is 4.42. The fraction of sp³-hybridized carbons (Fsp3) is 0.192. The van der Waals surface area contributed by atoms with Gasteiger partial charge in [-0.15, -0.1) is 5.10 Å². The Balaban J connectivity index is 1.35. The van der Waals surface area contributed by atoms with Crippen molar-refractivity contribution < 1.29 is 4.79 Å². The summed E-state index contributed by atoms with van der Waals surface area (Å²) in [4.78, 5) is 25.4. The van der Waals surface area contributed by atoms with Crippen LogP contribution >= 0.6 is 11.8 Å². The van der Waals surface area contributed by atoms with Crippen LogP contribution in [0.2, 0.25) is 0 Å². The summed E-state index contributed by atoms with van der Waals surface area (Å²) in [6.45, 7) is 4.38. The lowest BCUT2D eigenvalue weighted by Gasteiger charge is -2.09. The van der Waals surface area contributed by atoms with Gasteiger partial charge in [0.15, 0.2) is 10.9 Å². The molecule has 5 aromatic rings. The number of fused-ring (bicyclic) bond motifs is 1. The van der Waals surface area contributed by atoms with E-state index in [-0.39, 0.29) is 5.91 Å². The molecule has 35 heavy (non-hydrogen) atoms. The van der Waals surface area contributed by atoms with Gasteiger partial charge >= 0.3 is 0 Å². The summed E-state index contributed by atoms with van der Waals surface area (Å²) in [7, 11) is 0. The molecule has 0 fully saturated rings. The van der Waals surface area contributed by atoms with Crippen LogP contribution in [0.1, 0.15) is 33.1 Å². The second kappa shape index (κ2) is 10.1. The normalized spacial score (nSPS) is 11.1. The van der Waals surface area contributed by atoms with Crippen LogP contribution in [-0.4, -0.2) is 42.4 Å². The number of amides is 1. The smallest absolute Gasteiger partial charge is 0.273 e. The Labute approximate surface area is 207 Å². The van der Waals surface area contributed by atoms with Gasteiger partial charge in [0.2, 0.25) is 0 Å². The third kappa shape index (κ3) is 5.09. The number of carbonyl (C=O) groups excluding carboxylic acids is 1. The lowest BCUT2D eigenvalue weighted by Crippen LogP contribution is -2.27. The van der Waals surface area contributed by atoms with Crippen LogP contribution in [0.3, 0.4) is 0 Å². The summed E-state index contributed by atoms with van der Waals surface area (Å²) in [5, 5.41) is 13.4. The number of nitrogens with zero attached hydrogens (tertiary/aromatic N) is 5. The first-order valence-electron chi connectivity index (χ1n) is 11.4. The average molecular weight is 484 g/mol. The Bertz CT molecular complexity index is 1460. The highest BCUT2D eigenvalue weighted by atomic mass is 32.2. The van der Waals surface area contributed by atoms with Crippen molar-refractivity contribution in [1.29, 1.82) is 0 Å². The molecule has 0 aliphatic rings. The number of aryl methyl sites for hydroxylation is 2. The van der Waals surface area contributed by atoms with Crippen molar-refractivity contribution in [3.05, 3.63) is 95.2 Å². The largest absolute Gasteiger partial charge is 0.361 e. The molecule has 2 N–H and O–H groups in total. The van der Waals surface area contributed by atoms with E-state index >= 15 is 0 Å². The van der Waals surface area contributed by atoms with Gasteiger partial charge in [-0.05, 0) is 50.1 Å². The zero-order chi connectivity index (χ0) is 24.2. The van der Waals surface area contributed by atoms with Gasteiger partial charge in [0, 0.05) is 40.8 Å². The van der Waals surface area contributed by atoms with Crippen LogP contribution in [0.5, 0.6) is 0 Å². The molecular weight excluding hydrogens is 458 g/mol. The molecule has 3 aromatic heterocycles. The number of para-hydroxylation sites is 2. The van der Waals surface area contributed by atoms with Gasteiger partial charge in [-0.3, -0.25) is 4.79 Å². The van der Waals surface area contributed by atoms with Crippen LogP contribution in [-0.2, 0) is 12.2 Å². The van der Waals surface area contributed by atoms with Crippen LogP contribution in [0.15, 0.2) is 72.0 Å². The first-order chi connectivity index (χ1) is 17.1. The summed E-state index contributed by atoms with van der Waals surface area (Å²) in [6, 6.07) is 19.8. The third-order valence-corrected chi connectivity index (χ3v) is 6.49. The van der Waals surface area contributed by atoms with Crippen molar-refractivity contribution in [3.8, 4) is 5.69 Å². The molecule has 176 valence electrons. The second-order valence-electron chi connectivity index (χ2n) is 8.22. The molecule has 0 atom stereocenters. The highest BCUT2D eigenvalue weighted by Crippen LogP contribution is 2.24. The summed E-state index contributed by atoms with van der Waals surface area (Å²) in [6.07, 6.45) is 2.71. The molecule has 3 heterocycles. The SMILES string of the molecule is Cc1cc(C)nc(SCc2c(C(=O)NCCc3c[nH]c4ccccc34)nnn2-c2ccccc2)n1. The van der Waals surface area contributed by atoms with E-state index in [2.05, 4.69) is 36.6 Å². The van der Waals surface area contributed by atoms with E-state index in [1.807, 2.05) is 74.6 Å². The van der Waals surface area contributed by atoms with E-state index in [0.29, 0.717) is 35.3 Å². The van der Waals surface area contributed by atoms with E-state index in [4.69, 9.17) is 0 Å². The number of aromatic amines is 1. The predicted molar refractivity (Wildman–Crippen MR) is 137 cm³/mol. The molecule has 0 aliphatic carbocycles. The van der Waals surface area contributed by atoms with E-state index in [0.717, 1.165) is 28.2 Å². The molecular formula is C26H25N7OS. The fourth-order valence-electron chi connectivity index (χ4n) is 4.01. The van der Waals surface area contributed by atoms with Crippen molar-refractivity contribution >= 4 is 28.6 Å². The van der Waals surface area contributed by atoms with Crippen LogP contribution in [0.25, 0.3) is 16.6 Å². The quantitative estimate of drug-likeness (QED) is 0.250. The Morgan fingerprint density at radius 2 is 1.77 bits per heavy atom. The van der Waals surface area contributed by atoms with Crippen molar-refractivity contribution in [3.63, 3.8) is 0 Å². The van der Waals surface area contributed by atoms with Crippen molar-refractivity contribution in [2.24, 2.45) is 0 Å². The number of benzene rings is 2. The molecule has 8 nitrogen and oxygen atoms in total. The molecule has 2 aromatic carbocycles. The first kappa shape index (κ1) is 22.8. The van der Waals surface area contributed by atoms with Gasteiger partial charge < -0.3 is 10.3 Å². The number of hydrogen-bond acceptors (Lipinski definition) is 6. The molecule has 0 unspecified atom stereocenters. The monoisotopic (exact) mass is 483 g/mol. The molecule has 0 bridgehead atoms. The van der Waals surface area contributed by atoms with E-state index in [1.54, 1.807) is 4.68 Å². The second-order valence-corrected chi connectivity index (χ2v) is 9.16. The van der Waals surface area contributed by atoms with Crippen molar-refractivity contribution in [2.75, 3.05) is 6.54 Å². The molecule has 0 saturated heterocycles.